The van der Waals surface area contributed by atoms with E-state index in [0.29, 0.717) is 17.2 Å². The number of aromatic amines is 1. The van der Waals surface area contributed by atoms with E-state index in [0.717, 1.165) is 27.8 Å². The largest absolute Gasteiger partial charge is 0.497 e. The summed E-state index contributed by atoms with van der Waals surface area (Å²) in [6.45, 7) is 0. The molecule has 3 N–H and O–H groups in total. The van der Waals surface area contributed by atoms with Gasteiger partial charge in [0, 0.05) is 22.5 Å². The maximum atomic E-state index is 12.8. The van der Waals surface area contributed by atoms with Crippen LogP contribution in [0.2, 0.25) is 0 Å². The number of anilines is 2. The van der Waals surface area contributed by atoms with Crippen LogP contribution in [0.25, 0.3) is 22.2 Å². The Labute approximate surface area is 168 Å². The zero-order valence-electron chi connectivity index (χ0n) is 16.2. The number of carbonyl (C=O) groups excluding carboxylic acids is 1. The van der Waals surface area contributed by atoms with Gasteiger partial charge in [0.05, 0.1) is 31.3 Å². The van der Waals surface area contributed by atoms with Crippen molar-refractivity contribution in [2.75, 3.05) is 24.9 Å². The van der Waals surface area contributed by atoms with Crippen LogP contribution in [0.4, 0.5) is 16.2 Å². The van der Waals surface area contributed by atoms with E-state index in [1.165, 1.54) is 0 Å². The van der Waals surface area contributed by atoms with Gasteiger partial charge in [0.25, 0.3) is 0 Å². The molecular formula is C23H21N3O3. The number of hydrogen-bond acceptors (Lipinski definition) is 3. The van der Waals surface area contributed by atoms with Gasteiger partial charge in [-0.3, -0.25) is 0 Å². The lowest BCUT2D eigenvalue weighted by Gasteiger charge is -2.13. The molecule has 0 spiro atoms. The van der Waals surface area contributed by atoms with E-state index >= 15 is 0 Å². The molecule has 0 aliphatic carbocycles. The van der Waals surface area contributed by atoms with Crippen LogP contribution in [0.3, 0.4) is 0 Å². The van der Waals surface area contributed by atoms with Crippen LogP contribution < -0.4 is 20.1 Å². The predicted octanol–water partition coefficient (Wildman–Crippen LogP) is 5.50. The molecule has 2 amide bonds. The zero-order valence-corrected chi connectivity index (χ0v) is 16.2. The monoisotopic (exact) mass is 387 g/mol. The standard InChI is InChI=1S/C23H21N3O3/c1-28-16-12-13-19(20(14-16)29-2)25-23(27)26-22-17-10-6-7-11-18(17)24-21(22)15-8-4-3-5-9-15/h3-14,24H,1-2H3,(H2,25,26,27). The van der Waals surface area contributed by atoms with E-state index in [1.807, 2.05) is 54.6 Å². The summed E-state index contributed by atoms with van der Waals surface area (Å²) in [4.78, 5) is 16.2. The molecule has 1 aromatic heterocycles. The summed E-state index contributed by atoms with van der Waals surface area (Å²) < 4.78 is 10.6. The van der Waals surface area contributed by atoms with Gasteiger partial charge in [0.2, 0.25) is 0 Å². The third-order valence-corrected chi connectivity index (χ3v) is 4.66. The second kappa shape index (κ2) is 7.98. The van der Waals surface area contributed by atoms with E-state index in [-0.39, 0.29) is 6.03 Å². The van der Waals surface area contributed by atoms with Crippen molar-refractivity contribution in [3.05, 3.63) is 72.8 Å². The molecule has 0 bridgehead atoms. The van der Waals surface area contributed by atoms with Crippen LogP contribution in [-0.2, 0) is 0 Å². The predicted molar refractivity (Wildman–Crippen MR) is 116 cm³/mol. The molecule has 0 unspecified atom stereocenters. The maximum Gasteiger partial charge on any atom is 0.323 e. The smallest absolute Gasteiger partial charge is 0.323 e. The number of nitrogens with one attached hydrogen (secondary N) is 3. The maximum absolute atomic E-state index is 12.8. The number of ether oxygens (including phenoxy) is 2. The summed E-state index contributed by atoms with van der Waals surface area (Å²) in [6, 6.07) is 22.6. The number of aromatic nitrogens is 1. The van der Waals surface area contributed by atoms with Gasteiger partial charge in [-0.25, -0.2) is 4.79 Å². The van der Waals surface area contributed by atoms with Gasteiger partial charge in [0.1, 0.15) is 11.5 Å². The molecule has 4 rings (SSSR count). The van der Waals surface area contributed by atoms with Crippen molar-refractivity contribution in [2.45, 2.75) is 0 Å². The highest BCUT2D eigenvalue weighted by atomic mass is 16.5. The molecule has 29 heavy (non-hydrogen) atoms. The number of hydrogen-bond donors (Lipinski definition) is 3. The topological polar surface area (TPSA) is 75.4 Å². The van der Waals surface area contributed by atoms with Crippen molar-refractivity contribution in [3.63, 3.8) is 0 Å². The summed E-state index contributed by atoms with van der Waals surface area (Å²) in [5.74, 6) is 1.16. The quantitative estimate of drug-likeness (QED) is 0.423. The fraction of sp³-hybridized carbons (Fsp3) is 0.0870. The van der Waals surface area contributed by atoms with Gasteiger partial charge in [-0.1, -0.05) is 48.5 Å². The summed E-state index contributed by atoms with van der Waals surface area (Å²) in [5, 5.41) is 6.78. The first kappa shape index (κ1) is 18.4. The average Bonchev–Trinajstić information content (AvgIpc) is 3.13. The molecule has 146 valence electrons. The van der Waals surface area contributed by atoms with E-state index in [9.17, 15) is 4.79 Å². The SMILES string of the molecule is COc1ccc(NC(=O)Nc2c(-c3ccccc3)[nH]c3ccccc23)c(OC)c1. The number of benzene rings is 3. The van der Waals surface area contributed by atoms with E-state index in [2.05, 4.69) is 15.6 Å². The highest BCUT2D eigenvalue weighted by Gasteiger charge is 2.16. The fourth-order valence-electron chi connectivity index (χ4n) is 3.26. The minimum atomic E-state index is -0.365. The second-order valence-electron chi connectivity index (χ2n) is 6.43. The van der Waals surface area contributed by atoms with Crippen molar-refractivity contribution < 1.29 is 14.3 Å². The Morgan fingerprint density at radius 1 is 0.862 bits per heavy atom. The zero-order chi connectivity index (χ0) is 20.2. The minimum absolute atomic E-state index is 0.365. The first-order valence-electron chi connectivity index (χ1n) is 9.15. The number of H-pyrrole nitrogens is 1. The lowest BCUT2D eigenvalue weighted by Crippen LogP contribution is -2.20. The molecule has 0 saturated heterocycles. The molecule has 3 aromatic carbocycles. The molecule has 0 aliphatic rings. The summed E-state index contributed by atoms with van der Waals surface area (Å²) in [6.07, 6.45) is 0. The van der Waals surface area contributed by atoms with E-state index in [4.69, 9.17) is 9.47 Å². The molecular weight excluding hydrogens is 366 g/mol. The van der Waals surface area contributed by atoms with Gasteiger partial charge in [0.15, 0.2) is 0 Å². The summed E-state index contributed by atoms with van der Waals surface area (Å²) in [7, 11) is 3.13. The Morgan fingerprint density at radius 3 is 2.38 bits per heavy atom. The van der Waals surface area contributed by atoms with Crippen LogP contribution in [0.5, 0.6) is 11.5 Å². The number of methoxy groups -OCH3 is 2. The normalized spacial score (nSPS) is 10.6. The molecule has 0 fully saturated rings. The molecule has 4 aromatic rings. The highest BCUT2D eigenvalue weighted by molar-refractivity contribution is 6.11. The van der Waals surface area contributed by atoms with Crippen molar-refractivity contribution in [1.29, 1.82) is 0 Å². The van der Waals surface area contributed by atoms with Gasteiger partial charge < -0.3 is 25.1 Å². The van der Waals surface area contributed by atoms with Crippen LogP contribution >= 0.6 is 0 Å². The Balaban J connectivity index is 1.67. The van der Waals surface area contributed by atoms with E-state index in [1.54, 1.807) is 32.4 Å². The van der Waals surface area contributed by atoms with E-state index < -0.39 is 0 Å². The number of rotatable bonds is 5. The minimum Gasteiger partial charge on any atom is -0.497 e. The van der Waals surface area contributed by atoms with Gasteiger partial charge in [-0.05, 0) is 18.2 Å². The number of carbonyl (C=O) groups is 1. The Morgan fingerprint density at radius 2 is 1.62 bits per heavy atom. The third-order valence-electron chi connectivity index (χ3n) is 4.66. The average molecular weight is 387 g/mol. The van der Waals surface area contributed by atoms with Crippen LogP contribution in [0.15, 0.2) is 72.8 Å². The van der Waals surface area contributed by atoms with Crippen molar-refractivity contribution in [1.82, 2.24) is 4.98 Å². The molecule has 0 aliphatic heterocycles. The Hall–Kier alpha value is -3.93. The molecule has 0 atom stereocenters. The van der Waals surface area contributed by atoms with Gasteiger partial charge >= 0.3 is 6.03 Å². The summed E-state index contributed by atoms with van der Waals surface area (Å²) in [5.41, 5.74) is 4.05. The first-order valence-corrected chi connectivity index (χ1v) is 9.15. The number of para-hydroxylation sites is 1. The van der Waals surface area contributed by atoms with Crippen molar-refractivity contribution in [2.24, 2.45) is 0 Å². The lowest BCUT2D eigenvalue weighted by atomic mass is 10.1. The molecule has 1 heterocycles. The molecule has 0 radical (unpaired) electrons. The van der Waals surface area contributed by atoms with Crippen LogP contribution in [-0.4, -0.2) is 25.2 Å². The number of fused-ring (bicyclic) bond motifs is 1. The molecule has 6 nitrogen and oxygen atoms in total. The van der Waals surface area contributed by atoms with Gasteiger partial charge in [-0.2, -0.15) is 0 Å². The van der Waals surface area contributed by atoms with Crippen molar-refractivity contribution in [3.8, 4) is 22.8 Å². The molecule has 6 heteroatoms. The van der Waals surface area contributed by atoms with Gasteiger partial charge in [-0.15, -0.1) is 0 Å². The first-order chi connectivity index (χ1) is 14.2. The fourth-order valence-corrected chi connectivity index (χ4v) is 3.26. The lowest BCUT2D eigenvalue weighted by molar-refractivity contribution is 0.262. The second-order valence-corrected chi connectivity index (χ2v) is 6.43. The van der Waals surface area contributed by atoms with Crippen LogP contribution in [0.1, 0.15) is 0 Å². The molecule has 0 saturated carbocycles. The summed E-state index contributed by atoms with van der Waals surface area (Å²) >= 11 is 0. The highest BCUT2D eigenvalue weighted by Crippen LogP contribution is 2.35. The van der Waals surface area contributed by atoms with Crippen molar-refractivity contribution >= 4 is 28.3 Å². The number of amides is 2. The number of urea groups is 1. The Bertz CT molecular complexity index is 1150. The third kappa shape index (κ3) is 3.73. The Kier molecular flexibility index (Phi) is 5.07. The van der Waals surface area contributed by atoms with Crippen LogP contribution in [0, 0.1) is 0 Å².